The summed E-state index contributed by atoms with van der Waals surface area (Å²) in [5, 5.41) is 3.52. The van der Waals surface area contributed by atoms with Crippen LogP contribution in [-0.2, 0) is 0 Å². The molecule has 0 amide bonds. The first-order valence-electron chi connectivity index (χ1n) is 6.60. The van der Waals surface area contributed by atoms with E-state index in [4.69, 9.17) is 0 Å². The summed E-state index contributed by atoms with van der Waals surface area (Å²) in [5.74, 6) is 0. The second kappa shape index (κ2) is 4.42. The van der Waals surface area contributed by atoms with Gasteiger partial charge in [0.1, 0.15) is 0 Å². The van der Waals surface area contributed by atoms with Crippen LogP contribution in [0.25, 0.3) is 32.8 Å². The number of nitrogens with zero attached hydrogens (tertiary/aromatic N) is 2. The van der Waals surface area contributed by atoms with Gasteiger partial charge in [-0.05, 0) is 29.1 Å². The van der Waals surface area contributed by atoms with Gasteiger partial charge in [0.2, 0.25) is 0 Å². The molecule has 4 rings (SSSR count). The van der Waals surface area contributed by atoms with Crippen LogP contribution in [0.4, 0.5) is 0 Å². The molecule has 0 saturated carbocycles. The van der Waals surface area contributed by atoms with Crippen LogP contribution in [0.5, 0.6) is 0 Å². The maximum atomic E-state index is 4.55. The molecular formula is C18H12N2. The predicted octanol–water partition coefficient (Wildman–Crippen LogP) is 4.45. The molecule has 0 fully saturated rings. The molecule has 0 saturated heterocycles. The van der Waals surface area contributed by atoms with Gasteiger partial charge in [-0.25, -0.2) is 0 Å². The maximum Gasteiger partial charge on any atom is 0.0702 e. The predicted molar refractivity (Wildman–Crippen MR) is 82.5 cm³/mol. The van der Waals surface area contributed by atoms with Crippen molar-refractivity contribution in [3.05, 3.63) is 73.2 Å². The summed E-state index contributed by atoms with van der Waals surface area (Å²) in [6.07, 6.45) is 5.67. The Morgan fingerprint density at radius 2 is 1.65 bits per heavy atom. The highest BCUT2D eigenvalue weighted by atomic mass is 14.6. The molecule has 0 radical (unpaired) electrons. The molecule has 0 spiro atoms. The van der Waals surface area contributed by atoms with Gasteiger partial charge in [0.25, 0.3) is 0 Å². The fourth-order valence-corrected chi connectivity index (χ4v) is 2.59. The third-order valence-corrected chi connectivity index (χ3v) is 3.58. The Hall–Kier alpha value is -2.74. The molecule has 0 atom stereocenters. The van der Waals surface area contributed by atoms with Crippen molar-refractivity contribution < 1.29 is 0 Å². The number of fused-ring (bicyclic) bond motifs is 2. The lowest BCUT2D eigenvalue weighted by atomic mass is 10.00. The first-order valence-corrected chi connectivity index (χ1v) is 6.60. The third kappa shape index (κ3) is 1.74. The quantitative estimate of drug-likeness (QED) is 0.503. The van der Waals surface area contributed by atoms with Crippen molar-refractivity contribution in [3.8, 4) is 11.1 Å². The van der Waals surface area contributed by atoms with Crippen LogP contribution in [0.3, 0.4) is 0 Å². The van der Waals surface area contributed by atoms with E-state index in [1.807, 2.05) is 36.8 Å². The molecule has 2 heterocycles. The topological polar surface area (TPSA) is 25.8 Å². The van der Waals surface area contributed by atoms with Crippen molar-refractivity contribution in [3.63, 3.8) is 0 Å². The van der Waals surface area contributed by atoms with Gasteiger partial charge in [-0.2, -0.15) is 0 Å². The summed E-state index contributed by atoms with van der Waals surface area (Å²) in [4.78, 5) is 8.73. The molecule has 0 aliphatic rings. The smallest absolute Gasteiger partial charge is 0.0702 e. The third-order valence-electron chi connectivity index (χ3n) is 3.58. The fraction of sp³-hybridized carbons (Fsp3) is 0. The highest BCUT2D eigenvalue weighted by molar-refractivity contribution is 5.97. The Morgan fingerprint density at radius 3 is 2.65 bits per heavy atom. The average Bonchev–Trinajstić information content (AvgIpc) is 2.54. The van der Waals surface area contributed by atoms with Crippen molar-refractivity contribution in [1.29, 1.82) is 0 Å². The summed E-state index contributed by atoms with van der Waals surface area (Å²) in [6.45, 7) is 0. The zero-order chi connectivity index (χ0) is 13.4. The monoisotopic (exact) mass is 256 g/mol. The highest BCUT2D eigenvalue weighted by Gasteiger charge is 2.05. The normalized spacial score (nSPS) is 11.0. The Labute approximate surface area is 116 Å². The molecule has 4 aromatic rings. The minimum absolute atomic E-state index is 1.03. The largest absolute Gasteiger partial charge is 0.264 e. The lowest BCUT2D eigenvalue weighted by molar-refractivity contribution is 1.36. The Balaban J connectivity index is 2.01. The van der Waals surface area contributed by atoms with Crippen molar-refractivity contribution >= 4 is 21.7 Å². The summed E-state index contributed by atoms with van der Waals surface area (Å²) < 4.78 is 0. The van der Waals surface area contributed by atoms with Crippen LogP contribution in [0.15, 0.2) is 73.2 Å². The van der Waals surface area contributed by atoms with E-state index in [0.717, 1.165) is 21.9 Å². The van der Waals surface area contributed by atoms with Crippen LogP contribution < -0.4 is 0 Å². The SMILES string of the molecule is c1ccc2ncc(-c3cccc4cnccc34)cc2c1. The molecule has 0 aliphatic heterocycles. The van der Waals surface area contributed by atoms with Gasteiger partial charge < -0.3 is 0 Å². The van der Waals surface area contributed by atoms with Crippen molar-refractivity contribution in [2.45, 2.75) is 0 Å². The zero-order valence-electron chi connectivity index (χ0n) is 10.8. The van der Waals surface area contributed by atoms with E-state index in [9.17, 15) is 0 Å². The number of rotatable bonds is 1. The van der Waals surface area contributed by atoms with E-state index in [2.05, 4.69) is 46.4 Å². The summed E-state index contributed by atoms with van der Waals surface area (Å²) in [7, 11) is 0. The number of hydrogen-bond donors (Lipinski definition) is 0. The minimum atomic E-state index is 1.03. The molecule has 2 aromatic carbocycles. The molecule has 0 aliphatic carbocycles. The molecular weight excluding hydrogens is 244 g/mol. The zero-order valence-corrected chi connectivity index (χ0v) is 10.8. The molecule has 2 aromatic heterocycles. The molecule has 0 unspecified atom stereocenters. The van der Waals surface area contributed by atoms with E-state index in [1.165, 1.54) is 10.9 Å². The van der Waals surface area contributed by atoms with Gasteiger partial charge >= 0.3 is 0 Å². The first kappa shape index (κ1) is 11.1. The molecule has 0 bridgehead atoms. The van der Waals surface area contributed by atoms with Crippen LogP contribution in [0.1, 0.15) is 0 Å². The van der Waals surface area contributed by atoms with E-state index in [-0.39, 0.29) is 0 Å². The summed E-state index contributed by atoms with van der Waals surface area (Å²) in [6, 6.07) is 18.7. The van der Waals surface area contributed by atoms with Gasteiger partial charge in [-0.1, -0.05) is 36.4 Å². The second-order valence-corrected chi connectivity index (χ2v) is 4.82. The summed E-state index contributed by atoms with van der Waals surface area (Å²) >= 11 is 0. The molecule has 2 nitrogen and oxygen atoms in total. The molecule has 0 N–H and O–H groups in total. The summed E-state index contributed by atoms with van der Waals surface area (Å²) in [5.41, 5.74) is 3.36. The van der Waals surface area contributed by atoms with E-state index >= 15 is 0 Å². The highest BCUT2D eigenvalue weighted by Crippen LogP contribution is 2.29. The Morgan fingerprint density at radius 1 is 0.750 bits per heavy atom. The van der Waals surface area contributed by atoms with Gasteiger partial charge in [-0.15, -0.1) is 0 Å². The minimum Gasteiger partial charge on any atom is -0.264 e. The number of hydrogen-bond acceptors (Lipinski definition) is 2. The first-order chi connectivity index (χ1) is 9.92. The maximum absolute atomic E-state index is 4.55. The number of aromatic nitrogens is 2. The van der Waals surface area contributed by atoms with E-state index in [0.29, 0.717) is 0 Å². The van der Waals surface area contributed by atoms with Gasteiger partial charge in [0.15, 0.2) is 0 Å². The van der Waals surface area contributed by atoms with Crippen LogP contribution >= 0.6 is 0 Å². The van der Waals surface area contributed by atoms with E-state index < -0.39 is 0 Å². The van der Waals surface area contributed by atoms with E-state index in [1.54, 1.807) is 0 Å². The fourth-order valence-electron chi connectivity index (χ4n) is 2.59. The van der Waals surface area contributed by atoms with Crippen LogP contribution in [0, 0.1) is 0 Å². The molecule has 94 valence electrons. The number of pyridine rings is 2. The lowest BCUT2D eigenvalue weighted by Crippen LogP contribution is -1.85. The van der Waals surface area contributed by atoms with Crippen LogP contribution in [0.2, 0.25) is 0 Å². The van der Waals surface area contributed by atoms with Crippen molar-refractivity contribution in [1.82, 2.24) is 9.97 Å². The van der Waals surface area contributed by atoms with Crippen molar-refractivity contribution in [2.75, 3.05) is 0 Å². The van der Waals surface area contributed by atoms with Gasteiger partial charge in [0, 0.05) is 34.9 Å². The second-order valence-electron chi connectivity index (χ2n) is 4.82. The Kier molecular flexibility index (Phi) is 2.46. The molecule has 20 heavy (non-hydrogen) atoms. The standard InChI is InChI=1S/C18H12N2/c1-2-7-18-13(4-1)10-15(12-20-18)16-6-3-5-14-11-19-9-8-17(14)16/h1-12H. The average molecular weight is 256 g/mol. The Bertz CT molecular complexity index is 908. The molecule has 2 heteroatoms. The van der Waals surface area contributed by atoms with Gasteiger partial charge in [0.05, 0.1) is 5.52 Å². The van der Waals surface area contributed by atoms with Crippen LogP contribution in [-0.4, -0.2) is 9.97 Å². The van der Waals surface area contributed by atoms with Gasteiger partial charge in [-0.3, -0.25) is 9.97 Å². The number of benzene rings is 2. The lowest BCUT2D eigenvalue weighted by Gasteiger charge is -2.07. The number of para-hydroxylation sites is 1. The van der Waals surface area contributed by atoms with Crippen molar-refractivity contribution in [2.24, 2.45) is 0 Å².